The highest BCUT2D eigenvalue weighted by molar-refractivity contribution is 7.92. The third-order valence-electron chi connectivity index (χ3n) is 4.42. The molecule has 0 N–H and O–H groups in total. The highest BCUT2D eigenvalue weighted by atomic mass is 35.5. The van der Waals surface area contributed by atoms with Gasteiger partial charge in [0.2, 0.25) is 25.0 Å². The zero-order chi connectivity index (χ0) is 18.9. The summed E-state index contributed by atoms with van der Waals surface area (Å²) in [6, 6.07) is 6.63. The third kappa shape index (κ3) is 3.93. The molecule has 0 spiro atoms. The van der Waals surface area contributed by atoms with Gasteiger partial charge in [0.1, 0.15) is 6.33 Å². The number of halogens is 1. The number of hydrogen-bond donors (Lipinski definition) is 0. The van der Waals surface area contributed by atoms with Crippen molar-refractivity contribution in [3.63, 3.8) is 0 Å². The van der Waals surface area contributed by atoms with Crippen molar-refractivity contribution < 1.29 is 16.8 Å². The molecule has 0 radical (unpaired) electrons. The van der Waals surface area contributed by atoms with Crippen molar-refractivity contribution in [2.24, 2.45) is 7.05 Å². The predicted molar refractivity (Wildman–Crippen MR) is 96.9 cm³/mol. The van der Waals surface area contributed by atoms with Crippen molar-refractivity contribution in [2.75, 3.05) is 13.1 Å². The summed E-state index contributed by atoms with van der Waals surface area (Å²) in [7, 11) is -5.58. The van der Waals surface area contributed by atoms with Crippen LogP contribution in [-0.2, 0) is 32.7 Å². The summed E-state index contributed by atoms with van der Waals surface area (Å²) in [6.45, 7) is 0.329. The monoisotopic (exact) mass is 418 g/mol. The Labute approximate surface area is 157 Å². The smallest absolute Gasteiger partial charge is 0.249 e. The molecule has 1 aromatic carbocycles. The van der Waals surface area contributed by atoms with Gasteiger partial charge in [-0.3, -0.25) is 0 Å². The standard InChI is InChI=1S/C15H19ClN4O4S2/c1-19-11-17-18-15(19)26(23,24)14-6-8-20(9-7-14)25(21,22)10-12-2-4-13(16)5-3-12/h2-5,11,14H,6-10H2,1H3. The maximum atomic E-state index is 12.6. The number of aromatic nitrogens is 3. The molecule has 1 aliphatic rings. The fourth-order valence-electron chi connectivity index (χ4n) is 2.98. The van der Waals surface area contributed by atoms with Gasteiger partial charge in [-0.15, -0.1) is 10.2 Å². The van der Waals surface area contributed by atoms with Crippen LogP contribution in [0.25, 0.3) is 0 Å². The molecule has 26 heavy (non-hydrogen) atoms. The van der Waals surface area contributed by atoms with E-state index in [1.54, 1.807) is 31.3 Å². The average molecular weight is 419 g/mol. The molecule has 2 aromatic rings. The van der Waals surface area contributed by atoms with Crippen molar-refractivity contribution >= 4 is 31.5 Å². The summed E-state index contributed by atoms with van der Waals surface area (Å²) in [5.41, 5.74) is 0.642. The third-order valence-corrected chi connectivity index (χ3v) is 8.75. The maximum absolute atomic E-state index is 12.6. The van der Waals surface area contributed by atoms with E-state index < -0.39 is 25.1 Å². The first-order valence-electron chi connectivity index (χ1n) is 8.00. The van der Waals surface area contributed by atoms with Crippen molar-refractivity contribution in [2.45, 2.75) is 29.0 Å². The Balaban J connectivity index is 1.68. The number of aryl methyl sites for hydroxylation is 1. The molecule has 0 atom stereocenters. The van der Waals surface area contributed by atoms with Gasteiger partial charge in [0.15, 0.2) is 0 Å². The topological polar surface area (TPSA) is 102 Å². The Morgan fingerprint density at radius 1 is 1.12 bits per heavy atom. The second-order valence-electron chi connectivity index (χ2n) is 6.25. The second kappa shape index (κ2) is 7.26. The Kier molecular flexibility index (Phi) is 5.38. The minimum atomic E-state index is -3.63. The van der Waals surface area contributed by atoms with E-state index in [1.807, 2.05) is 0 Å². The lowest BCUT2D eigenvalue weighted by Gasteiger charge is -2.30. The summed E-state index contributed by atoms with van der Waals surface area (Å²) >= 11 is 5.82. The minimum absolute atomic E-state index is 0.0834. The lowest BCUT2D eigenvalue weighted by Crippen LogP contribution is -2.43. The highest BCUT2D eigenvalue weighted by Crippen LogP contribution is 2.25. The molecule has 0 aliphatic carbocycles. The minimum Gasteiger partial charge on any atom is -0.308 e. The van der Waals surface area contributed by atoms with Crippen LogP contribution >= 0.6 is 11.6 Å². The summed E-state index contributed by atoms with van der Waals surface area (Å²) in [5, 5.41) is 7.08. The van der Waals surface area contributed by atoms with Gasteiger partial charge in [0.25, 0.3) is 0 Å². The van der Waals surface area contributed by atoms with Gasteiger partial charge in [-0.05, 0) is 30.5 Å². The van der Waals surface area contributed by atoms with Crippen molar-refractivity contribution in [1.82, 2.24) is 19.1 Å². The van der Waals surface area contributed by atoms with Gasteiger partial charge in [0, 0.05) is 25.2 Å². The van der Waals surface area contributed by atoms with Gasteiger partial charge >= 0.3 is 0 Å². The lowest BCUT2D eigenvalue weighted by molar-refractivity contribution is 0.344. The molecule has 1 fully saturated rings. The summed E-state index contributed by atoms with van der Waals surface area (Å²) in [4.78, 5) is 0. The molecule has 8 nitrogen and oxygen atoms in total. The summed E-state index contributed by atoms with van der Waals surface area (Å²) in [5.74, 6) is -0.134. The van der Waals surface area contributed by atoms with E-state index >= 15 is 0 Å². The van der Waals surface area contributed by atoms with Crippen molar-refractivity contribution in [3.05, 3.63) is 41.2 Å². The average Bonchev–Trinajstić information content (AvgIpc) is 3.04. The molecule has 0 bridgehead atoms. The van der Waals surface area contributed by atoms with Crippen LogP contribution in [0.1, 0.15) is 18.4 Å². The molecular weight excluding hydrogens is 400 g/mol. The van der Waals surface area contributed by atoms with Crippen LogP contribution in [0.5, 0.6) is 0 Å². The van der Waals surface area contributed by atoms with Crippen LogP contribution in [0.2, 0.25) is 5.02 Å². The first-order valence-corrected chi connectivity index (χ1v) is 11.5. The fourth-order valence-corrected chi connectivity index (χ4v) is 6.41. The molecule has 0 unspecified atom stereocenters. The summed E-state index contributed by atoms with van der Waals surface area (Å²) in [6.07, 6.45) is 1.79. The van der Waals surface area contributed by atoms with Gasteiger partial charge in [0.05, 0.1) is 11.0 Å². The SMILES string of the molecule is Cn1cnnc1S(=O)(=O)C1CCN(S(=O)(=O)Cc2ccc(Cl)cc2)CC1. The van der Waals surface area contributed by atoms with Crippen molar-refractivity contribution in [3.8, 4) is 0 Å². The van der Waals surface area contributed by atoms with Gasteiger partial charge < -0.3 is 4.57 Å². The summed E-state index contributed by atoms with van der Waals surface area (Å²) < 4.78 is 53.2. The molecule has 1 aromatic heterocycles. The van der Waals surface area contributed by atoms with E-state index in [4.69, 9.17) is 11.6 Å². The van der Waals surface area contributed by atoms with Crippen LogP contribution in [0.4, 0.5) is 0 Å². The number of benzene rings is 1. The van der Waals surface area contributed by atoms with E-state index in [9.17, 15) is 16.8 Å². The van der Waals surface area contributed by atoms with E-state index in [1.165, 1.54) is 15.2 Å². The van der Waals surface area contributed by atoms with Crippen LogP contribution < -0.4 is 0 Å². The molecule has 1 aliphatic heterocycles. The molecule has 142 valence electrons. The molecule has 0 amide bonds. The van der Waals surface area contributed by atoms with Gasteiger partial charge in [-0.1, -0.05) is 23.7 Å². The quantitative estimate of drug-likeness (QED) is 0.723. The Morgan fingerprint density at radius 3 is 2.27 bits per heavy atom. The predicted octanol–water partition coefficient (Wildman–Crippen LogP) is 1.24. The largest absolute Gasteiger partial charge is 0.308 e. The van der Waals surface area contributed by atoms with E-state index in [0.717, 1.165) is 0 Å². The number of piperidine rings is 1. The number of sulfonamides is 1. The van der Waals surface area contributed by atoms with E-state index in [-0.39, 0.29) is 36.8 Å². The number of nitrogens with zero attached hydrogens (tertiary/aromatic N) is 4. The van der Waals surface area contributed by atoms with Crippen LogP contribution in [0.15, 0.2) is 35.7 Å². The molecule has 11 heteroatoms. The second-order valence-corrected chi connectivity index (χ2v) is 10.8. The molecule has 3 rings (SSSR count). The molecule has 0 saturated carbocycles. The Morgan fingerprint density at radius 2 is 1.73 bits per heavy atom. The molecule has 1 saturated heterocycles. The van der Waals surface area contributed by atoms with Gasteiger partial charge in [-0.25, -0.2) is 21.1 Å². The normalized spacial score (nSPS) is 17.5. The Hall–Kier alpha value is -1.49. The van der Waals surface area contributed by atoms with E-state index in [2.05, 4.69) is 10.2 Å². The maximum Gasteiger partial charge on any atom is 0.249 e. The lowest BCUT2D eigenvalue weighted by atomic mass is 10.2. The van der Waals surface area contributed by atoms with Crippen LogP contribution in [-0.4, -0.2) is 54.2 Å². The van der Waals surface area contributed by atoms with Crippen LogP contribution in [0.3, 0.4) is 0 Å². The first-order chi connectivity index (χ1) is 12.2. The van der Waals surface area contributed by atoms with Crippen LogP contribution in [0, 0.1) is 0 Å². The van der Waals surface area contributed by atoms with Gasteiger partial charge in [-0.2, -0.15) is 0 Å². The number of hydrogen-bond acceptors (Lipinski definition) is 6. The first kappa shape index (κ1) is 19.3. The fraction of sp³-hybridized carbons (Fsp3) is 0.467. The highest BCUT2D eigenvalue weighted by Gasteiger charge is 2.37. The molecular formula is C15H19ClN4O4S2. The van der Waals surface area contributed by atoms with E-state index in [0.29, 0.717) is 10.6 Å². The zero-order valence-electron chi connectivity index (χ0n) is 14.1. The number of sulfone groups is 1. The number of rotatable bonds is 5. The molecule has 2 heterocycles. The van der Waals surface area contributed by atoms with Crippen molar-refractivity contribution in [1.29, 1.82) is 0 Å². The zero-order valence-corrected chi connectivity index (χ0v) is 16.5. The Bertz CT molecular complexity index is 979.